The van der Waals surface area contributed by atoms with Crippen LogP contribution in [0.1, 0.15) is 5.56 Å². The standard InChI is InChI=1S/C16H11BrClFN2/c17-13-8-11(19)4-6-15(13)21-9-10-3-5-14(18)12-2-1-7-20-16(10)12/h1-8,21H,9H2. The van der Waals surface area contributed by atoms with Crippen molar-refractivity contribution in [3.05, 3.63) is 69.5 Å². The topological polar surface area (TPSA) is 24.9 Å². The van der Waals surface area contributed by atoms with E-state index >= 15 is 0 Å². The van der Waals surface area contributed by atoms with Crippen LogP contribution in [0.5, 0.6) is 0 Å². The minimum Gasteiger partial charge on any atom is -0.380 e. The van der Waals surface area contributed by atoms with Gasteiger partial charge in [0.2, 0.25) is 0 Å². The van der Waals surface area contributed by atoms with E-state index in [9.17, 15) is 4.39 Å². The van der Waals surface area contributed by atoms with Gasteiger partial charge in [-0.05, 0) is 57.9 Å². The van der Waals surface area contributed by atoms with Crippen molar-refractivity contribution in [3.8, 4) is 0 Å². The van der Waals surface area contributed by atoms with E-state index in [0.29, 0.717) is 16.0 Å². The van der Waals surface area contributed by atoms with Crippen molar-refractivity contribution in [3.63, 3.8) is 0 Å². The molecule has 1 heterocycles. The Morgan fingerprint density at radius 1 is 1.19 bits per heavy atom. The minimum atomic E-state index is -0.272. The molecule has 0 unspecified atom stereocenters. The molecule has 0 fully saturated rings. The van der Waals surface area contributed by atoms with Gasteiger partial charge < -0.3 is 5.32 Å². The molecule has 2 nitrogen and oxygen atoms in total. The molecule has 2 aromatic carbocycles. The van der Waals surface area contributed by atoms with Crippen molar-refractivity contribution in [1.82, 2.24) is 4.98 Å². The molecule has 0 bridgehead atoms. The summed E-state index contributed by atoms with van der Waals surface area (Å²) < 4.78 is 13.8. The molecular weight excluding hydrogens is 355 g/mol. The maximum atomic E-state index is 13.1. The first-order valence-electron chi connectivity index (χ1n) is 6.36. The van der Waals surface area contributed by atoms with Crippen LogP contribution in [0.25, 0.3) is 10.9 Å². The van der Waals surface area contributed by atoms with Crippen LogP contribution in [0.15, 0.2) is 53.1 Å². The molecule has 0 amide bonds. The number of nitrogens with zero attached hydrogens (tertiary/aromatic N) is 1. The summed E-state index contributed by atoms with van der Waals surface area (Å²) >= 11 is 9.52. The third-order valence-corrected chi connectivity index (χ3v) is 4.19. The summed E-state index contributed by atoms with van der Waals surface area (Å²) in [6, 6.07) is 12.2. The molecule has 0 saturated carbocycles. The molecule has 0 saturated heterocycles. The van der Waals surface area contributed by atoms with Gasteiger partial charge in [-0.15, -0.1) is 0 Å². The summed E-state index contributed by atoms with van der Waals surface area (Å²) in [6.45, 7) is 0.578. The minimum absolute atomic E-state index is 0.272. The van der Waals surface area contributed by atoms with Crippen molar-refractivity contribution in [2.45, 2.75) is 6.54 Å². The number of halogens is 3. The van der Waals surface area contributed by atoms with Gasteiger partial charge in [0.15, 0.2) is 0 Å². The predicted octanol–water partition coefficient (Wildman–Crippen LogP) is 5.40. The average Bonchev–Trinajstić information content (AvgIpc) is 2.48. The van der Waals surface area contributed by atoms with Crippen molar-refractivity contribution >= 4 is 44.1 Å². The highest BCUT2D eigenvalue weighted by molar-refractivity contribution is 9.10. The summed E-state index contributed by atoms with van der Waals surface area (Å²) in [7, 11) is 0. The summed E-state index contributed by atoms with van der Waals surface area (Å²) in [5.41, 5.74) is 2.73. The first kappa shape index (κ1) is 14.3. The van der Waals surface area contributed by atoms with E-state index in [1.807, 2.05) is 24.3 Å². The van der Waals surface area contributed by atoms with E-state index < -0.39 is 0 Å². The van der Waals surface area contributed by atoms with Gasteiger partial charge in [-0.2, -0.15) is 0 Å². The number of nitrogens with one attached hydrogen (secondary N) is 1. The second-order valence-corrected chi connectivity index (χ2v) is 5.85. The van der Waals surface area contributed by atoms with Gasteiger partial charge in [0, 0.05) is 33.3 Å². The smallest absolute Gasteiger partial charge is 0.124 e. The molecule has 5 heteroatoms. The molecule has 0 aliphatic carbocycles. The molecule has 21 heavy (non-hydrogen) atoms. The number of anilines is 1. The van der Waals surface area contributed by atoms with E-state index in [1.165, 1.54) is 12.1 Å². The second-order valence-electron chi connectivity index (χ2n) is 4.58. The molecule has 0 atom stereocenters. The van der Waals surface area contributed by atoms with Crippen LogP contribution in [0, 0.1) is 5.82 Å². The van der Waals surface area contributed by atoms with E-state index in [-0.39, 0.29) is 5.82 Å². The molecule has 3 rings (SSSR count). The van der Waals surface area contributed by atoms with Crippen LogP contribution in [-0.2, 0) is 6.54 Å². The van der Waals surface area contributed by atoms with Crippen LogP contribution in [0.2, 0.25) is 5.02 Å². The fourth-order valence-corrected chi connectivity index (χ4v) is 2.87. The zero-order valence-electron chi connectivity index (χ0n) is 10.9. The monoisotopic (exact) mass is 364 g/mol. The Labute approximate surface area is 135 Å². The number of hydrogen-bond donors (Lipinski definition) is 1. The molecule has 1 N–H and O–H groups in total. The SMILES string of the molecule is Fc1ccc(NCc2ccc(Cl)c3cccnc23)c(Br)c1. The van der Waals surface area contributed by atoms with Crippen LogP contribution in [-0.4, -0.2) is 4.98 Å². The highest BCUT2D eigenvalue weighted by atomic mass is 79.9. The Hall–Kier alpha value is -1.65. The lowest BCUT2D eigenvalue weighted by atomic mass is 10.1. The Balaban J connectivity index is 1.90. The Bertz CT molecular complexity index is 807. The van der Waals surface area contributed by atoms with Crippen LogP contribution < -0.4 is 5.32 Å². The van der Waals surface area contributed by atoms with Crippen molar-refractivity contribution in [1.29, 1.82) is 0 Å². The molecule has 106 valence electrons. The van der Waals surface area contributed by atoms with E-state index in [1.54, 1.807) is 12.3 Å². The van der Waals surface area contributed by atoms with Crippen molar-refractivity contribution < 1.29 is 4.39 Å². The van der Waals surface area contributed by atoms with Gasteiger partial charge in [0.1, 0.15) is 5.82 Å². The highest BCUT2D eigenvalue weighted by Gasteiger charge is 2.07. The highest BCUT2D eigenvalue weighted by Crippen LogP contribution is 2.27. The van der Waals surface area contributed by atoms with Crippen molar-refractivity contribution in [2.24, 2.45) is 0 Å². The summed E-state index contributed by atoms with van der Waals surface area (Å²) in [6.07, 6.45) is 1.75. The molecule has 0 radical (unpaired) electrons. The van der Waals surface area contributed by atoms with Gasteiger partial charge in [0.25, 0.3) is 0 Å². The fraction of sp³-hybridized carbons (Fsp3) is 0.0625. The van der Waals surface area contributed by atoms with Crippen molar-refractivity contribution in [2.75, 3.05) is 5.32 Å². The van der Waals surface area contributed by atoms with Gasteiger partial charge in [-0.1, -0.05) is 17.7 Å². The third-order valence-electron chi connectivity index (χ3n) is 3.20. The van der Waals surface area contributed by atoms with Gasteiger partial charge in [0.05, 0.1) is 5.52 Å². The number of pyridine rings is 1. The van der Waals surface area contributed by atoms with Gasteiger partial charge in [-0.3, -0.25) is 4.98 Å². The Morgan fingerprint density at radius 2 is 2.05 bits per heavy atom. The zero-order chi connectivity index (χ0) is 14.8. The number of hydrogen-bond acceptors (Lipinski definition) is 2. The van der Waals surface area contributed by atoms with E-state index in [2.05, 4.69) is 26.2 Å². The number of aromatic nitrogens is 1. The first-order valence-corrected chi connectivity index (χ1v) is 7.53. The molecule has 3 aromatic rings. The quantitative estimate of drug-likeness (QED) is 0.672. The lowest BCUT2D eigenvalue weighted by Crippen LogP contribution is -2.02. The second kappa shape index (κ2) is 6.00. The van der Waals surface area contributed by atoms with Gasteiger partial charge in [-0.25, -0.2) is 4.39 Å². The maximum absolute atomic E-state index is 13.1. The molecule has 0 aliphatic heterocycles. The lowest BCUT2D eigenvalue weighted by Gasteiger charge is -2.11. The summed E-state index contributed by atoms with van der Waals surface area (Å²) in [5, 5.41) is 4.88. The predicted molar refractivity (Wildman–Crippen MR) is 88.2 cm³/mol. The zero-order valence-corrected chi connectivity index (χ0v) is 13.2. The first-order chi connectivity index (χ1) is 10.1. The van der Waals surface area contributed by atoms with E-state index in [0.717, 1.165) is 22.2 Å². The molecular formula is C16H11BrClFN2. The molecule has 0 spiro atoms. The summed E-state index contributed by atoms with van der Waals surface area (Å²) in [5.74, 6) is -0.272. The Kier molecular flexibility index (Phi) is 4.08. The largest absolute Gasteiger partial charge is 0.380 e. The Morgan fingerprint density at radius 3 is 2.86 bits per heavy atom. The van der Waals surface area contributed by atoms with Crippen LogP contribution in [0.4, 0.5) is 10.1 Å². The van der Waals surface area contributed by atoms with Crippen LogP contribution >= 0.6 is 27.5 Å². The lowest BCUT2D eigenvalue weighted by molar-refractivity contribution is 0.627. The fourth-order valence-electron chi connectivity index (χ4n) is 2.16. The van der Waals surface area contributed by atoms with Crippen LogP contribution in [0.3, 0.4) is 0 Å². The third kappa shape index (κ3) is 3.01. The maximum Gasteiger partial charge on any atom is 0.124 e. The molecule has 1 aromatic heterocycles. The van der Waals surface area contributed by atoms with Gasteiger partial charge >= 0.3 is 0 Å². The normalized spacial score (nSPS) is 10.8. The molecule has 0 aliphatic rings. The summed E-state index contributed by atoms with van der Waals surface area (Å²) in [4.78, 5) is 4.39. The average molecular weight is 366 g/mol. The number of rotatable bonds is 3. The number of benzene rings is 2. The van der Waals surface area contributed by atoms with E-state index in [4.69, 9.17) is 11.6 Å². The number of fused-ring (bicyclic) bond motifs is 1.